The van der Waals surface area contributed by atoms with Gasteiger partial charge in [-0.2, -0.15) is 8.42 Å². The van der Waals surface area contributed by atoms with Crippen LogP contribution in [0.25, 0.3) is 0 Å². The highest BCUT2D eigenvalue weighted by molar-refractivity contribution is 7.86. The minimum absolute atomic E-state index is 0.0141. The normalized spacial score (nSPS) is 14.2. The molecule has 1 amide bonds. The Bertz CT molecular complexity index is 972. The van der Waals surface area contributed by atoms with E-state index in [0.29, 0.717) is 25.8 Å². The maximum Gasteiger partial charge on any atom is 0.297 e. The minimum atomic E-state index is -4.62. The monoisotopic (exact) mass is 390 g/mol. The summed E-state index contributed by atoms with van der Waals surface area (Å²) in [5, 5.41) is 1.97. The Morgan fingerprint density at radius 2 is 1.96 bits per heavy atom. The van der Waals surface area contributed by atoms with Gasteiger partial charge in [0.05, 0.1) is 5.02 Å². The standard InChI is InChI=1S/C15H13ClF2N2O4S/c16-12-13(15(21)19-8-4-5-9(17)10(18)7-8)20-6-2-1-3-11(20)14(12)25(22,23)24/h4-5,7H,1-3,6H2,(H,19,21)(H,22,23,24). The zero-order valence-electron chi connectivity index (χ0n) is 12.7. The lowest BCUT2D eigenvalue weighted by Crippen LogP contribution is -2.21. The molecule has 0 unspecified atom stereocenters. The van der Waals surface area contributed by atoms with E-state index in [0.717, 1.165) is 18.2 Å². The van der Waals surface area contributed by atoms with Gasteiger partial charge in [0.15, 0.2) is 11.6 Å². The number of nitrogens with zero attached hydrogens (tertiary/aromatic N) is 1. The highest BCUT2D eigenvalue weighted by atomic mass is 35.5. The molecule has 134 valence electrons. The molecular weight excluding hydrogens is 378 g/mol. The number of amides is 1. The molecule has 10 heteroatoms. The van der Waals surface area contributed by atoms with Crippen molar-refractivity contribution in [2.24, 2.45) is 0 Å². The predicted molar refractivity (Wildman–Crippen MR) is 86.5 cm³/mol. The van der Waals surface area contributed by atoms with E-state index in [9.17, 15) is 26.5 Å². The van der Waals surface area contributed by atoms with E-state index >= 15 is 0 Å². The van der Waals surface area contributed by atoms with Crippen LogP contribution in [0.15, 0.2) is 23.1 Å². The van der Waals surface area contributed by atoms with Gasteiger partial charge in [-0.1, -0.05) is 11.6 Å². The van der Waals surface area contributed by atoms with Crippen LogP contribution in [0.4, 0.5) is 14.5 Å². The van der Waals surface area contributed by atoms with Gasteiger partial charge < -0.3 is 9.88 Å². The second-order valence-electron chi connectivity index (χ2n) is 5.61. The summed E-state index contributed by atoms with van der Waals surface area (Å²) < 4.78 is 60.4. The molecular formula is C15H13ClF2N2O4S. The second-order valence-corrected chi connectivity index (χ2v) is 7.34. The number of halogens is 3. The zero-order chi connectivity index (χ0) is 18.4. The van der Waals surface area contributed by atoms with Crippen LogP contribution in [0.1, 0.15) is 29.0 Å². The zero-order valence-corrected chi connectivity index (χ0v) is 14.3. The van der Waals surface area contributed by atoms with Crippen LogP contribution in [-0.2, 0) is 23.1 Å². The van der Waals surface area contributed by atoms with E-state index in [1.807, 2.05) is 0 Å². The first-order valence-corrected chi connectivity index (χ1v) is 9.16. The number of hydrogen-bond donors (Lipinski definition) is 2. The molecule has 0 fully saturated rings. The van der Waals surface area contributed by atoms with Gasteiger partial charge in [0, 0.05) is 24.0 Å². The molecule has 0 saturated carbocycles. The van der Waals surface area contributed by atoms with E-state index in [4.69, 9.17) is 11.6 Å². The quantitative estimate of drug-likeness (QED) is 0.787. The second kappa shape index (κ2) is 6.40. The maximum absolute atomic E-state index is 13.3. The molecule has 0 spiro atoms. The third-order valence-electron chi connectivity index (χ3n) is 3.96. The van der Waals surface area contributed by atoms with Crippen molar-refractivity contribution >= 4 is 33.3 Å². The Kier molecular flexibility index (Phi) is 4.56. The van der Waals surface area contributed by atoms with Crippen LogP contribution < -0.4 is 5.32 Å². The Hall–Kier alpha value is -1.97. The lowest BCUT2D eigenvalue weighted by atomic mass is 10.1. The molecule has 2 N–H and O–H groups in total. The molecule has 25 heavy (non-hydrogen) atoms. The third kappa shape index (κ3) is 3.26. The Balaban J connectivity index is 2.06. The van der Waals surface area contributed by atoms with Crippen LogP contribution in [0, 0.1) is 11.6 Å². The molecule has 6 nitrogen and oxygen atoms in total. The van der Waals surface area contributed by atoms with E-state index in [1.165, 1.54) is 4.57 Å². The van der Waals surface area contributed by atoms with E-state index in [1.54, 1.807) is 0 Å². The first kappa shape index (κ1) is 17.8. The van der Waals surface area contributed by atoms with Crippen LogP contribution in [0.3, 0.4) is 0 Å². The summed E-state index contributed by atoms with van der Waals surface area (Å²) in [5.41, 5.74) is 0.0997. The topological polar surface area (TPSA) is 88.4 Å². The molecule has 1 aliphatic rings. The number of anilines is 1. The van der Waals surface area contributed by atoms with Gasteiger partial charge in [0.2, 0.25) is 0 Å². The molecule has 2 heterocycles. The number of carbonyl (C=O) groups excluding carboxylic acids is 1. The van der Waals surface area contributed by atoms with Gasteiger partial charge >= 0.3 is 0 Å². The fourth-order valence-electron chi connectivity index (χ4n) is 2.92. The Morgan fingerprint density at radius 1 is 1.24 bits per heavy atom. The third-order valence-corrected chi connectivity index (χ3v) is 5.40. The molecule has 3 rings (SSSR count). The molecule has 1 aromatic carbocycles. The number of hydrogen-bond acceptors (Lipinski definition) is 3. The number of aromatic nitrogens is 1. The van der Waals surface area contributed by atoms with E-state index < -0.39 is 32.6 Å². The van der Waals surface area contributed by atoms with Crippen molar-refractivity contribution in [1.29, 1.82) is 0 Å². The molecule has 0 radical (unpaired) electrons. The summed E-state index contributed by atoms with van der Waals surface area (Å²) in [7, 11) is -4.62. The van der Waals surface area contributed by atoms with Crippen LogP contribution >= 0.6 is 11.6 Å². The minimum Gasteiger partial charge on any atom is -0.338 e. The van der Waals surface area contributed by atoms with Crippen molar-refractivity contribution in [3.8, 4) is 0 Å². The van der Waals surface area contributed by atoms with Crippen molar-refractivity contribution in [1.82, 2.24) is 4.57 Å². The number of carbonyl (C=O) groups is 1. The smallest absolute Gasteiger partial charge is 0.297 e. The molecule has 0 aliphatic carbocycles. The van der Waals surface area contributed by atoms with Gasteiger partial charge in [0.1, 0.15) is 10.6 Å². The lowest BCUT2D eigenvalue weighted by molar-refractivity contribution is 0.101. The van der Waals surface area contributed by atoms with Gasteiger partial charge in [-0.15, -0.1) is 0 Å². The van der Waals surface area contributed by atoms with Gasteiger partial charge in [-0.05, 0) is 31.4 Å². The molecule has 1 aliphatic heterocycles. The first-order chi connectivity index (χ1) is 11.7. The van der Waals surface area contributed by atoms with Crippen molar-refractivity contribution < 1.29 is 26.5 Å². The SMILES string of the molecule is O=C(Nc1ccc(F)c(F)c1)c1c(Cl)c(S(=O)(=O)O)c2n1CCCC2. The van der Waals surface area contributed by atoms with Crippen LogP contribution in [0.5, 0.6) is 0 Å². The summed E-state index contributed by atoms with van der Waals surface area (Å²) in [4.78, 5) is 12.1. The average Bonchev–Trinajstić information content (AvgIpc) is 2.82. The maximum atomic E-state index is 13.3. The number of fused-ring (bicyclic) bond motifs is 1. The highest BCUT2D eigenvalue weighted by Crippen LogP contribution is 2.35. The summed E-state index contributed by atoms with van der Waals surface area (Å²) in [6.45, 7) is 0.352. The molecule has 0 atom stereocenters. The fourth-order valence-corrected chi connectivity index (χ4v) is 4.34. The number of nitrogens with one attached hydrogen (secondary N) is 1. The van der Waals surface area contributed by atoms with E-state index in [2.05, 4.69) is 5.32 Å². The fraction of sp³-hybridized carbons (Fsp3) is 0.267. The van der Waals surface area contributed by atoms with Gasteiger partial charge in [0.25, 0.3) is 16.0 Å². The molecule has 1 aromatic heterocycles. The molecule has 0 saturated heterocycles. The predicted octanol–water partition coefficient (Wildman–Crippen LogP) is 3.26. The van der Waals surface area contributed by atoms with Crippen molar-refractivity contribution in [2.45, 2.75) is 30.7 Å². The summed E-state index contributed by atoms with van der Waals surface area (Å²) in [5.74, 6) is -2.99. The summed E-state index contributed by atoms with van der Waals surface area (Å²) in [6.07, 6.45) is 1.73. The summed E-state index contributed by atoms with van der Waals surface area (Å²) >= 11 is 6.07. The van der Waals surface area contributed by atoms with Crippen LogP contribution in [-0.4, -0.2) is 23.4 Å². The Morgan fingerprint density at radius 3 is 2.60 bits per heavy atom. The number of benzene rings is 1. The largest absolute Gasteiger partial charge is 0.338 e. The van der Waals surface area contributed by atoms with Crippen molar-refractivity contribution in [3.63, 3.8) is 0 Å². The van der Waals surface area contributed by atoms with Gasteiger partial charge in [-0.25, -0.2) is 8.78 Å². The molecule has 2 aromatic rings. The highest BCUT2D eigenvalue weighted by Gasteiger charge is 2.33. The number of rotatable bonds is 3. The lowest BCUT2D eigenvalue weighted by Gasteiger charge is -2.18. The molecule has 0 bridgehead atoms. The van der Waals surface area contributed by atoms with E-state index in [-0.39, 0.29) is 22.1 Å². The van der Waals surface area contributed by atoms with Crippen LogP contribution in [0.2, 0.25) is 5.02 Å². The summed E-state index contributed by atoms with van der Waals surface area (Å²) in [6, 6.07) is 2.81. The average molecular weight is 391 g/mol. The Labute approximate surface area is 147 Å². The first-order valence-electron chi connectivity index (χ1n) is 7.35. The van der Waals surface area contributed by atoms with Crippen molar-refractivity contribution in [3.05, 3.63) is 46.2 Å². The van der Waals surface area contributed by atoms with Gasteiger partial charge in [-0.3, -0.25) is 9.35 Å². The van der Waals surface area contributed by atoms with Crippen molar-refractivity contribution in [2.75, 3.05) is 5.32 Å².